The molecule has 140 valence electrons. The molecular formula is C17H32N2O4S. The Morgan fingerprint density at radius 1 is 1.21 bits per heavy atom. The number of hydrogen-bond donors (Lipinski definition) is 1. The summed E-state index contributed by atoms with van der Waals surface area (Å²) >= 11 is 0. The predicted octanol–water partition coefficient (Wildman–Crippen LogP) is 1.75. The van der Waals surface area contributed by atoms with Gasteiger partial charge in [-0.3, -0.25) is 0 Å². The second kappa shape index (κ2) is 7.19. The van der Waals surface area contributed by atoms with Crippen LogP contribution in [0.2, 0.25) is 0 Å². The minimum atomic E-state index is -3.40. The van der Waals surface area contributed by atoms with E-state index in [9.17, 15) is 13.5 Å². The van der Waals surface area contributed by atoms with Gasteiger partial charge in [0.05, 0.1) is 12.2 Å². The van der Waals surface area contributed by atoms with Gasteiger partial charge in [-0.15, -0.1) is 0 Å². The zero-order valence-corrected chi connectivity index (χ0v) is 15.8. The van der Waals surface area contributed by atoms with E-state index in [4.69, 9.17) is 4.74 Å². The average Bonchev–Trinajstić information content (AvgIpc) is 2.61. The lowest BCUT2D eigenvalue weighted by atomic mass is 9.58. The minimum absolute atomic E-state index is 0.0819. The van der Waals surface area contributed by atoms with Crippen LogP contribution in [0.5, 0.6) is 0 Å². The van der Waals surface area contributed by atoms with Crippen LogP contribution in [-0.2, 0) is 14.9 Å². The third kappa shape index (κ3) is 3.14. The number of aliphatic hydroxyl groups excluding tert-OH is 1. The summed E-state index contributed by atoms with van der Waals surface area (Å²) in [4.78, 5) is 0. The monoisotopic (exact) mass is 360 g/mol. The molecule has 1 N–H and O–H groups in total. The molecule has 0 radical (unpaired) electrons. The van der Waals surface area contributed by atoms with E-state index in [0.29, 0.717) is 39.0 Å². The van der Waals surface area contributed by atoms with Gasteiger partial charge >= 0.3 is 0 Å². The molecule has 0 aromatic rings. The van der Waals surface area contributed by atoms with Crippen LogP contribution in [0.3, 0.4) is 0 Å². The van der Waals surface area contributed by atoms with Crippen molar-refractivity contribution in [3.63, 3.8) is 0 Å². The quantitative estimate of drug-likeness (QED) is 0.811. The van der Waals surface area contributed by atoms with Crippen molar-refractivity contribution in [2.75, 3.05) is 26.7 Å². The third-order valence-electron chi connectivity index (χ3n) is 6.54. The van der Waals surface area contributed by atoms with Gasteiger partial charge in [-0.25, -0.2) is 0 Å². The molecule has 1 heterocycles. The molecular weight excluding hydrogens is 328 g/mol. The zero-order valence-electron chi connectivity index (χ0n) is 15.0. The first-order valence-corrected chi connectivity index (χ1v) is 10.8. The predicted molar refractivity (Wildman–Crippen MR) is 92.8 cm³/mol. The Kier molecular flexibility index (Phi) is 5.57. The van der Waals surface area contributed by atoms with Gasteiger partial charge in [-0.1, -0.05) is 19.3 Å². The highest BCUT2D eigenvalue weighted by atomic mass is 32.2. The third-order valence-corrected chi connectivity index (χ3v) is 8.59. The molecule has 0 amide bonds. The van der Waals surface area contributed by atoms with Crippen molar-refractivity contribution < 1.29 is 18.3 Å². The molecule has 0 unspecified atom stereocenters. The van der Waals surface area contributed by atoms with E-state index in [2.05, 4.69) is 0 Å². The summed E-state index contributed by atoms with van der Waals surface area (Å²) in [6.07, 6.45) is 7.19. The summed E-state index contributed by atoms with van der Waals surface area (Å²) < 4.78 is 34.9. The van der Waals surface area contributed by atoms with Crippen molar-refractivity contribution in [3.8, 4) is 0 Å². The fraction of sp³-hybridized carbons (Fsp3) is 1.00. The van der Waals surface area contributed by atoms with Crippen LogP contribution in [0.4, 0.5) is 0 Å². The summed E-state index contributed by atoms with van der Waals surface area (Å²) in [5.74, 6) is 0. The number of aliphatic hydroxyl groups is 1. The Morgan fingerprint density at radius 3 is 2.38 bits per heavy atom. The summed E-state index contributed by atoms with van der Waals surface area (Å²) in [7, 11) is -1.67. The highest BCUT2D eigenvalue weighted by molar-refractivity contribution is 7.86. The van der Waals surface area contributed by atoms with E-state index in [1.54, 1.807) is 15.7 Å². The number of piperidine rings is 1. The van der Waals surface area contributed by atoms with Gasteiger partial charge in [0.15, 0.2) is 0 Å². The summed E-state index contributed by atoms with van der Waals surface area (Å²) in [5.41, 5.74) is -0.231. The van der Waals surface area contributed by atoms with Gasteiger partial charge in [-0.05, 0) is 32.6 Å². The Labute approximate surface area is 146 Å². The van der Waals surface area contributed by atoms with Gasteiger partial charge in [0.1, 0.15) is 0 Å². The molecule has 2 atom stereocenters. The van der Waals surface area contributed by atoms with E-state index in [-0.39, 0.29) is 23.7 Å². The molecule has 24 heavy (non-hydrogen) atoms. The molecule has 3 rings (SSSR count). The van der Waals surface area contributed by atoms with Crippen LogP contribution in [-0.4, -0.2) is 67.1 Å². The van der Waals surface area contributed by atoms with Crippen LogP contribution in [0.1, 0.15) is 58.3 Å². The Hall–Kier alpha value is -0.210. The minimum Gasteiger partial charge on any atom is -0.392 e. The Morgan fingerprint density at radius 2 is 1.83 bits per heavy atom. The molecule has 0 aromatic carbocycles. The molecule has 3 fully saturated rings. The second-order valence-electron chi connectivity index (χ2n) is 7.64. The van der Waals surface area contributed by atoms with Crippen LogP contribution < -0.4 is 0 Å². The standard InChI is InChI=1S/C17H32N2O4S/c1-3-23-16-13-15(20)17(16)9-11-19(12-10-17)24(21,22)18(2)14-7-5-4-6-8-14/h14-16,20H,3-13H2,1-2H3/t15-,16-/m1/s1. The zero-order chi connectivity index (χ0) is 17.4. The number of nitrogens with zero attached hydrogens (tertiary/aromatic N) is 2. The van der Waals surface area contributed by atoms with Crippen molar-refractivity contribution in [1.82, 2.24) is 8.61 Å². The Balaban J connectivity index is 1.63. The van der Waals surface area contributed by atoms with Crippen molar-refractivity contribution >= 4 is 10.2 Å². The molecule has 7 heteroatoms. The topological polar surface area (TPSA) is 70.1 Å². The number of hydrogen-bond acceptors (Lipinski definition) is 4. The molecule has 2 saturated carbocycles. The van der Waals surface area contributed by atoms with Gasteiger partial charge in [-0.2, -0.15) is 17.0 Å². The van der Waals surface area contributed by atoms with Gasteiger partial charge in [0, 0.05) is 44.6 Å². The number of rotatable bonds is 5. The van der Waals surface area contributed by atoms with Crippen molar-refractivity contribution in [2.24, 2.45) is 5.41 Å². The Bertz CT molecular complexity index is 523. The van der Waals surface area contributed by atoms with E-state index >= 15 is 0 Å². The first kappa shape index (κ1) is 18.6. The molecule has 3 aliphatic rings. The molecule has 0 aromatic heterocycles. The maximum atomic E-state index is 12.9. The molecule has 1 aliphatic heterocycles. The lowest BCUT2D eigenvalue weighted by molar-refractivity contribution is -0.206. The van der Waals surface area contributed by atoms with E-state index < -0.39 is 10.2 Å². The molecule has 2 aliphatic carbocycles. The number of ether oxygens (including phenoxy) is 1. The van der Waals surface area contributed by atoms with Crippen molar-refractivity contribution in [1.29, 1.82) is 0 Å². The fourth-order valence-electron chi connectivity index (χ4n) is 4.77. The fourth-order valence-corrected chi connectivity index (χ4v) is 6.36. The highest BCUT2D eigenvalue weighted by Crippen LogP contribution is 2.51. The average molecular weight is 361 g/mol. The van der Waals surface area contributed by atoms with Crippen molar-refractivity contribution in [2.45, 2.75) is 76.5 Å². The smallest absolute Gasteiger partial charge is 0.281 e. The van der Waals surface area contributed by atoms with Crippen molar-refractivity contribution in [3.05, 3.63) is 0 Å². The first-order chi connectivity index (χ1) is 11.4. The normalized spacial score (nSPS) is 32.2. The van der Waals surface area contributed by atoms with Crippen LogP contribution in [0, 0.1) is 5.41 Å². The van der Waals surface area contributed by atoms with Crippen LogP contribution in [0.15, 0.2) is 0 Å². The second-order valence-corrected chi connectivity index (χ2v) is 9.63. The molecule has 1 saturated heterocycles. The highest BCUT2D eigenvalue weighted by Gasteiger charge is 2.57. The maximum absolute atomic E-state index is 12.9. The molecule has 0 bridgehead atoms. The lowest BCUT2D eigenvalue weighted by Crippen LogP contribution is -2.63. The van der Waals surface area contributed by atoms with E-state index in [1.165, 1.54) is 6.42 Å². The lowest BCUT2D eigenvalue weighted by Gasteiger charge is -2.56. The van der Waals surface area contributed by atoms with E-state index in [1.807, 2.05) is 6.92 Å². The SMILES string of the molecule is CCO[C@@H]1C[C@@H](O)C12CCN(S(=O)(=O)N(C)C1CCCCC1)CC2. The largest absolute Gasteiger partial charge is 0.392 e. The van der Waals surface area contributed by atoms with Crippen LogP contribution >= 0.6 is 0 Å². The molecule has 1 spiro atoms. The maximum Gasteiger partial charge on any atom is 0.281 e. The van der Waals surface area contributed by atoms with Crippen LogP contribution in [0.25, 0.3) is 0 Å². The first-order valence-electron chi connectivity index (χ1n) is 9.44. The summed E-state index contributed by atoms with van der Waals surface area (Å²) in [6, 6.07) is 0.144. The summed E-state index contributed by atoms with van der Waals surface area (Å²) in [6.45, 7) is 3.59. The van der Waals surface area contributed by atoms with Gasteiger partial charge in [0.25, 0.3) is 10.2 Å². The summed E-state index contributed by atoms with van der Waals surface area (Å²) in [5, 5.41) is 10.3. The van der Waals surface area contributed by atoms with Gasteiger partial charge < -0.3 is 9.84 Å². The molecule has 6 nitrogen and oxygen atoms in total. The van der Waals surface area contributed by atoms with Gasteiger partial charge in [0.2, 0.25) is 0 Å². The van der Waals surface area contributed by atoms with E-state index in [0.717, 1.165) is 25.7 Å².